The Labute approximate surface area is 138 Å². The first-order chi connectivity index (χ1) is 9.95. The highest BCUT2D eigenvalue weighted by atomic mass is 79.9. The Hall–Kier alpha value is -1.13. The summed E-state index contributed by atoms with van der Waals surface area (Å²) in [5, 5.41) is 3.93. The number of hydrogen-bond acceptors (Lipinski definition) is 3. The summed E-state index contributed by atoms with van der Waals surface area (Å²) in [5.41, 5.74) is 4.29. The number of aromatic nitrogens is 2. The van der Waals surface area contributed by atoms with E-state index in [1.165, 1.54) is 11.1 Å². The molecule has 1 aliphatic carbocycles. The Morgan fingerprint density at radius 3 is 2.33 bits per heavy atom. The number of nitrogens with one attached hydrogen (secondary N) is 1. The van der Waals surface area contributed by atoms with Crippen LogP contribution >= 0.6 is 27.5 Å². The van der Waals surface area contributed by atoms with E-state index < -0.39 is 0 Å². The van der Waals surface area contributed by atoms with E-state index in [9.17, 15) is 0 Å². The lowest BCUT2D eigenvalue weighted by Crippen LogP contribution is -2.03. The van der Waals surface area contributed by atoms with Crippen molar-refractivity contribution in [1.29, 1.82) is 0 Å². The number of halogens is 2. The van der Waals surface area contributed by atoms with Gasteiger partial charge in [0.1, 0.15) is 16.8 Å². The van der Waals surface area contributed by atoms with Gasteiger partial charge in [0.2, 0.25) is 0 Å². The zero-order valence-electron chi connectivity index (χ0n) is 12.3. The molecular formula is C16H17BrClN3. The molecule has 21 heavy (non-hydrogen) atoms. The van der Waals surface area contributed by atoms with E-state index in [-0.39, 0.29) is 0 Å². The number of rotatable bonds is 3. The van der Waals surface area contributed by atoms with Crippen molar-refractivity contribution >= 4 is 39.0 Å². The van der Waals surface area contributed by atoms with Crippen molar-refractivity contribution in [3.8, 4) is 0 Å². The van der Waals surface area contributed by atoms with Gasteiger partial charge in [-0.25, -0.2) is 9.97 Å². The molecule has 1 heterocycles. The van der Waals surface area contributed by atoms with Gasteiger partial charge < -0.3 is 5.32 Å². The van der Waals surface area contributed by atoms with Gasteiger partial charge in [-0.05, 0) is 56.9 Å². The molecular weight excluding hydrogens is 350 g/mol. The fourth-order valence-electron chi connectivity index (χ4n) is 2.31. The first-order valence-corrected chi connectivity index (χ1v) is 8.20. The molecule has 1 fully saturated rings. The van der Waals surface area contributed by atoms with E-state index in [1.807, 2.05) is 6.92 Å². The number of hydrogen-bond donors (Lipinski definition) is 1. The first-order valence-electron chi connectivity index (χ1n) is 7.03. The van der Waals surface area contributed by atoms with Crippen molar-refractivity contribution in [2.75, 3.05) is 5.32 Å². The van der Waals surface area contributed by atoms with Gasteiger partial charge in [-0.1, -0.05) is 27.5 Å². The van der Waals surface area contributed by atoms with E-state index in [0.717, 1.165) is 40.2 Å². The van der Waals surface area contributed by atoms with Gasteiger partial charge >= 0.3 is 0 Å². The Kier molecular flexibility index (Phi) is 3.93. The summed E-state index contributed by atoms with van der Waals surface area (Å²) in [5.74, 6) is 2.15. The molecule has 1 aromatic heterocycles. The first kappa shape index (κ1) is 14.8. The lowest BCUT2D eigenvalue weighted by atomic mass is 10.1. The second-order valence-corrected chi connectivity index (χ2v) is 6.82. The van der Waals surface area contributed by atoms with E-state index >= 15 is 0 Å². The zero-order valence-corrected chi connectivity index (χ0v) is 14.6. The second kappa shape index (κ2) is 5.58. The zero-order chi connectivity index (χ0) is 15.1. The topological polar surface area (TPSA) is 37.8 Å². The summed E-state index contributed by atoms with van der Waals surface area (Å²) in [6.07, 6.45) is 2.32. The largest absolute Gasteiger partial charge is 0.340 e. The highest BCUT2D eigenvalue weighted by Crippen LogP contribution is 2.40. The van der Waals surface area contributed by atoms with Crippen LogP contribution in [0.25, 0.3) is 0 Å². The van der Waals surface area contributed by atoms with Crippen molar-refractivity contribution < 1.29 is 0 Å². The van der Waals surface area contributed by atoms with Crippen LogP contribution < -0.4 is 5.32 Å². The van der Waals surface area contributed by atoms with Crippen molar-refractivity contribution in [3.05, 3.63) is 44.3 Å². The lowest BCUT2D eigenvalue weighted by Gasteiger charge is -2.13. The quantitative estimate of drug-likeness (QED) is 0.735. The molecule has 0 amide bonds. The summed E-state index contributed by atoms with van der Waals surface area (Å²) < 4.78 is 1.14. The van der Waals surface area contributed by atoms with Crippen molar-refractivity contribution in [2.45, 2.75) is 39.5 Å². The van der Waals surface area contributed by atoms with Crippen LogP contribution in [0.4, 0.5) is 11.5 Å². The SMILES string of the molecule is Cc1cc(Nc2nc(C3CC3)nc(Cl)c2C)cc(C)c1Br. The number of nitrogens with zero attached hydrogens (tertiary/aromatic N) is 2. The predicted molar refractivity (Wildman–Crippen MR) is 90.7 cm³/mol. The molecule has 5 heteroatoms. The summed E-state index contributed by atoms with van der Waals surface area (Å²) in [6.45, 7) is 6.11. The molecule has 3 nitrogen and oxygen atoms in total. The van der Waals surface area contributed by atoms with Gasteiger partial charge in [0.25, 0.3) is 0 Å². The monoisotopic (exact) mass is 365 g/mol. The third-order valence-corrected chi connectivity index (χ3v) is 5.36. The summed E-state index contributed by atoms with van der Waals surface area (Å²) in [4.78, 5) is 9.05. The number of benzene rings is 1. The molecule has 3 rings (SSSR count). The molecule has 0 unspecified atom stereocenters. The van der Waals surface area contributed by atoms with Crippen molar-refractivity contribution in [2.24, 2.45) is 0 Å². The number of anilines is 2. The number of aryl methyl sites for hydroxylation is 2. The van der Waals surface area contributed by atoms with Gasteiger partial charge in [-0.15, -0.1) is 0 Å². The van der Waals surface area contributed by atoms with Crippen molar-refractivity contribution in [3.63, 3.8) is 0 Å². The van der Waals surface area contributed by atoms with Crippen LogP contribution in [-0.4, -0.2) is 9.97 Å². The van der Waals surface area contributed by atoms with E-state index in [2.05, 4.69) is 57.2 Å². The van der Waals surface area contributed by atoms with Crippen LogP contribution in [0.2, 0.25) is 5.15 Å². The van der Waals surface area contributed by atoms with E-state index in [4.69, 9.17) is 11.6 Å². The average molecular weight is 367 g/mol. The van der Waals surface area contributed by atoms with Gasteiger partial charge in [-0.3, -0.25) is 0 Å². The fraction of sp³-hybridized carbons (Fsp3) is 0.375. The molecule has 0 spiro atoms. The molecule has 1 aromatic carbocycles. The average Bonchev–Trinajstić information content (AvgIpc) is 3.25. The van der Waals surface area contributed by atoms with Gasteiger partial charge in [0.05, 0.1) is 0 Å². The van der Waals surface area contributed by atoms with Gasteiger partial charge in [0, 0.05) is 21.6 Å². The van der Waals surface area contributed by atoms with Crippen LogP contribution in [0.1, 0.15) is 41.3 Å². The molecule has 1 aliphatic rings. The molecule has 0 saturated heterocycles. The molecule has 0 bridgehead atoms. The molecule has 0 aliphatic heterocycles. The molecule has 1 N–H and O–H groups in total. The van der Waals surface area contributed by atoms with Crippen LogP contribution in [0.15, 0.2) is 16.6 Å². The van der Waals surface area contributed by atoms with Crippen LogP contribution in [0, 0.1) is 20.8 Å². The van der Waals surface area contributed by atoms with Gasteiger partial charge in [0.15, 0.2) is 0 Å². The maximum absolute atomic E-state index is 6.25. The molecule has 2 aromatic rings. The standard InChI is InChI=1S/C16H17BrClN3/c1-8-6-12(7-9(2)13(8)17)19-15-10(3)14(18)20-16(21-15)11-4-5-11/h6-7,11H,4-5H2,1-3H3,(H,19,20,21). The normalized spacial score (nSPS) is 14.3. The van der Waals surface area contributed by atoms with Crippen LogP contribution in [0.3, 0.4) is 0 Å². The molecule has 1 saturated carbocycles. The fourth-order valence-corrected chi connectivity index (χ4v) is 2.71. The molecule has 110 valence electrons. The minimum atomic E-state index is 0.483. The summed E-state index contributed by atoms with van der Waals surface area (Å²) in [7, 11) is 0. The Morgan fingerprint density at radius 1 is 1.14 bits per heavy atom. The minimum Gasteiger partial charge on any atom is -0.340 e. The smallest absolute Gasteiger partial charge is 0.138 e. The molecule has 0 atom stereocenters. The van der Waals surface area contributed by atoms with E-state index in [0.29, 0.717) is 11.1 Å². The molecule has 0 radical (unpaired) electrons. The Bertz CT molecular complexity index is 688. The Balaban J connectivity index is 1.97. The van der Waals surface area contributed by atoms with E-state index in [1.54, 1.807) is 0 Å². The maximum Gasteiger partial charge on any atom is 0.138 e. The Morgan fingerprint density at radius 2 is 1.76 bits per heavy atom. The van der Waals surface area contributed by atoms with Crippen molar-refractivity contribution in [1.82, 2.24) is 9.97 Å². The third-order valence-electron chi connectivity index (χ3n) is 3.75. The van der Waals surface area contributed by atoms with Crippen LogP contribution in [0.5, 0.6) is 0 Å². The summed E-state index contributed by atoms with van der Waals surface area (Å²) >= 11 is 9.84. The predicted octanol–water partition coefficient (Wildman–Crippen LogP) is 5.44. The third kappa shape index (κ3) is 3.06. The minimum absolute atomic E-state index is 0.483. The van der Waals surface area contributed by atoms with Crippen LogP contribution in [-0.2, 0) is 0 Å². The lowest BCUT2D eigenvalue weighted by molar-refractivity contribution is 0.922. The second-order valence-electron chi connectivity index (χ2n) is 5.67. The maximum atomic E-state index is 6.25. The highest BCUT2D eigenvalue weighted by molar-refractivity contribution is 9.10. The summed E-state index contributed by atoms with van der Waals surface area (Å²) in [6, 6.07) is 4.20. The van der Waals surface area contributed by atoms with Gasteiger partial charge in [-0.2, -0.15) is 0 Å². The highest BCUT2D eigenvalue weighted by Gasteiger charge is 2.28.